The summed E-state index contributed by atoms with van der Waals surface area (Å²) < 4.78 is 4.73. The van der Waals surface area contributed by atoms with Gasteiger partial charge in [-0.3, -0.25) is 14.9 Å². The minimum absolute atomic E-state index is 0.0191. The highest BCUT2D eigenvalue weighted by molar-refractivity contribution is 5.75. The maximum absolute atomic E-state index is 10.6. The van der Waals surface area contributed by atoms with Gasteiger partial charge in [-0.05, 0) is 12.1 Å². The largest absolute Gasteiger partial charge is 0.427 e. The molecule has 0 amide bonds. The van der Waals surface area contributed by atoms with Crippen molar-refractivity contribution in [2.45, 2.75) is 6.92 Å². The first-order chi connectivity index (χ1) is 7.00. The number of nitro benzene ring substituents is 1. The van der Waals surface area contributed by atoms with Crippen molar-refractivity contribution in [3.8, 4) is 0 Å². The average molecular weight is 207 g/mol. The second-order valence-corrected chi connectivity index (χ2v) is 2.82. The number of non-ortho nitro benzene ring substituents is 1. The van der Waals surface area contributed by atoms with Crippen LogP contribution in [0.15, 0.2) is 30.8 Å². The maximum atomic E-state index is 10.6. The van der Waals surface area contributed by atoms with E-state index in [0.717, 1.165) is 0 Å². The molecule has 0 atom stereocenters. The predicted molar refractivity (Wildman–Crippen MR) is 53.9 cm³/mol. The summed E-state index contributed by atoms with van der Waals surface area (Å²) in [6, 6.07) is 5.60. The van der Waals surface area contributed by atoms with Crippen LogP contribution in [0.5, 0.6) is 0 Å². The normalized spacial score (nSPS) is 9.40. The second-order valence-electron chi connectivity index (χ2n) is 2.82. The molecule has 15 heavy (non-hydrogen) atoms. The Kier molecular flexibility index (Phi) is 3.17. The number of esters is 1. The van der Waals surface area contributed by atoms with E-state index in [9.17, 15) is 14.9 Å². The lowest BCUT2D eigenvalue weighted by molar-refractivity contribution is -0.384. The minimum Gasteiger partial charge on any atom is -0.427 e. The van der Waals surface area contributed by atoms with E-state index >= 15 is 0 Å². The molecule has 0 spiro atoms. The van der Waals surface area contributed by atoms with Gasteiger partial charge in [-0.25, -0.2) is 0 Å². The standard InChI is InChI=1S/C10H9NO4/c1-7(15-8(2)12)9-3-5-10(6-4-9)11(13)14/h3-6H,1H2,2H3. The molecular weight excluding hydrogens is 198 g/mol. The van der Waals surface area contributed by atoms with Crippen LogP contribution in [-0.2, 0) is 9.53 Å². The van der Waals surface area contributed by atoms with E-state index in [-0.39, 0.29) is 11.4 Å². The molecule has 0 bridgehead atoms. The van der Waals surface area contributed by atoms with Crippen LogP contribution in [0.1, 0.15) is 12.5 Å². The number of hydrogen-bond donors (Lipinski definition) is 0. The Balaban J connectivity index is 2.84. The van der Waals surface area contributed by atoms with Crippen molar-refractivity contribution >= 4 is 17.4 Å². The van der Waals surface area contributed by atoms with Gasteiger partial charge in [-0.2, -0.15) is 0 Å². The first-order valence-electron chi connectivity index (χ1n) is 4.13. The Morgan fingerprint density at radius 1 is 1.40 bits per heavy atom. The molecule has 0 aliphatic heterocycles. The molecule has 0 radical (unpaired) electrons. The van der Waals surface area contributed by atoms with Crippen molar-refractivity contribution < 1.29 is 14.5 Å². The zero-order valence-corrected chi connectivity index (χ0v) is 8.10. The fourth-order valence-corrected chi connectivity index (χ4v) is 1.00. The second kappa shape index (κ2) is 4.36. The molecule has 0 fully saturated rings. The van der Waals surface area contributed by atoms with Gasteiger partial charge < -0.3 is 4.74 Å². The highest BCUT2D eigenvalue weighted by atomic mass is 16.6. The highest BCUT2D eigenvalue weighted by Gasteiger charge is 2.07. The van der Waals surface area contributed by atoms with Gasteiger partial charge >= 0.3 is 5.97 Å². The van der Waals surface area contributed by atoms with Gasteiger partial charge in [0.25, 0.3) is 5.69 Å². The molecule has 1 rings (SSSR count). The lowest BCUT2D eigenvalue weighted by atomic mass is 10.2. The third-order valence-electron chi connectivity index (χ3n) is 1.67. The quantitative estimate of drug-likeness (QED) is 0.329. The molecule has 0 aromatic heterocycles. The number of carbonyl (C=O) groups is 1. The van der Waals surface area contributed by atoms with Crippen molar-refractivity contribution in [2.24, 2.45) is 0 Å². The molecule has 1 aromatic rings. The van der Waals surface area contributed by atoms with Gasteiger partial charge in [0.2, 0.25) is 0 Å². The van der Waals surface area contributed by atoms with Crippen LogP contribution in [0.2, 0.25) is 0 Å². The summed E-state index contributed by atoms with van der Waals surface area (Å²) in [5.74, 6) is -0.296. The van der Waals surface area contributed by atoms with Crippen molar-refractivity contribution in [1.29, 1.82) is 0 Å². The molecule has 5 nitrogen and oxygen atoms in total. The van der Waals surface area contributed by atoms with E-state index in [1.54, 1.807) is 0 Å². The number of ether oxygens (including phenoxy) is 1. The fraction of sp³-hybridized carbons (Fsp3) is 0.100. The summed E-state index contributed by atoms with van der Waals surface area (Å²) in [5.41, 5.74) is 0.519. The van der Waals surface area contributed by atoms with E-state index < -0.39 is 10.9 Å². The lowest BCUT2D eigenvalue weighted by Gasteiger charge is -2.04. The topological polar surface area (TPSA) is 69.4 Å². The van der Waals surface area contributed by atoms with Crippen LogP contribution in [0.25, 0.3) is 5.76 Å². The number of nitrogens with zero attached hydrogens (tertiary/aromatic N) is 1. The van der Waals surface area contributed by atoms with Crippen molar-refractivity contribution in [3.63, 3.8) is 0 Å². The third kappa shape index (κ3) is 2.91. The summed E-state index contributed by atoms with van der Waals surface area (Å²) in [7, 11) is 0. The highest BCUT2D eigenvalue weighted by Crippen LogP contribution is 2.18. The number of rotatable bonds is 3. The first kappa shape index (κ1) is 10.9. The zero-order valence-electron chi connectivity index (χ0n) is 8.10. The van der Waals surface area contributed by atoms with Crippen molar-refractivity contribution in [3.05, 3.63) is 46.5 Å². The summed E-state index contributed by atoms with van der Waals surface area (Å²) in [5, 5.41) is 10.4. The molecule has 0 saturated heterocycles. The maximum Gasteiger partial charge on any atom is 0.308 e. The predicted octanol–water partition coefficient (Wildman–Crippen LogP) is 2.13. The van der Waals surface area contributed by atoms with Crippen LogP contribution in [-0.4, -0.2) is 10.9 Å². The molecule has 5 heteroatoms. The Labute approximate surface area is 86.1 Å². The average Bonchev–Trinajstić information content (AvgIpc) is 2.17. The molecule has 0 aliphatic rings. The van der Waals surface area contributed by atoms with E-state index in [4.69, 9.17) is 4.74 Å². The molecule has 78 valence electrons. The van der Waals surface area contributed by atoms with E-state index in [1.165, 1.54) is 31.2 Å². The van der Waals surface area contributed by atoms with Gasteiger partial charge in [0.15, 0.2) is 0 Å². The molecule has 0 aliphatic carbocycles. The van der Waals surface area contributed by atoms with Crippen molar-refractivity contribution in [1.82, 2.24) is 0 Å². The Morgan fingerprint density at radius 2 is 1.93 bits per heavy atom. The van der Waals surface area contributed by atoms with Gasteiger partial charge in [-0.1, -0.05) is 6.58 Å². The Morgan fingerprint density at radius 3 is 2.33 bits per heavy atom. The minimum atomic E-state index is -0.502. The Bertz CT molecular complexity index is 408. The zero-order chi connectivity index (χ0) is 11.4. The molecule has 0 N–H and O–H groups in total. The van der Waals surface area contributed by atoms with Crippen molar-refractivity contribution in [2.75, 3.05) is 0 Å². The SMILES string of the molecule is C=C(OC(C)=O)c1ccc([N+](=O)[O-])cc1. The molecule has 0 saturated carbocycles. The molecule has 0 heterocycles. The summed E-state index contributed by atoms with van der Waals surface area (Å²) >= 11 is 0. The van der Waals surface area contributed by atoms with Crippen LogP contribution >= 0.6 is 0 Å². The van der Waals surface area contributed by atoms with Gasteiger partial charge in [0, 0.05) is 24.6 Å². The van der Waals surface area contributed by atoms with Crippen LogP contribution in [0.4, 0.5) is 5.69 Å². The monoisotopic (exact) mass is 207 g/mol. The summed E-state index contributed by atoms with van der Waals surface area (Å²) in [6.07, 6.45) is 0. The van der Waals surface area contributed by atoms with Gasteiger partial charge in [0.05, 0.1) is 4.92 Å². The smallest absolute Gasteiger partial charge is 0.308 e. The number of benzene rings is 1. The Hall–Kier alpha value is -2.17. The van der Waals surface area contributed by atoms with Gasteiger partial charge in [-0.15, -0.1) is 0 Å². The molecule has 1 aromatic carbocycles. The van der Waals surface area contributed by atoms with Crippen LogP contribution in [0, 0.1) is 10.1 Å². The molecule has 0 unspecified atom stereocenters. The first-order valence-corrected chi connectivity index (χ1v) is 4.13. The number of nitro groups is 1. The van der Waals surface area contributed by atoms with Gasteiger partial charge in [0.1, 0.15) is 5.76 Å². The number of hydrogen-bond acceptors (Lipinski definition) is 4. The van der Waals surface area contributed by atoms with E-state index in [1.807, 2.05) is 0 Å². The fourth-order valence-electron chi connectivity index (χ4n) is 1.00. The van der Waals surface area contributed by atoms with Crippen LogP contribution in [0.3, 0.4) is 0 Å². The third-order valence-corrected chi connectivity index (χ3v) is 1.67. The van der Waals surface area contributed by atoms with E-state index in [0.29, 0.717) is 5.56 Å². The van der Waals surface area contributed by atoms with Crippen LogP contribution < -0.4 is 0 Å². The molecular formula is C10H9NO4. The van der Waals surface area contributed by atoms with E-state index in [2.05, 4.69) is 6.58 Å². The number of carbonyl (C=O) groups excluding carboxylic acids is 1. The summed E-state index contributed by atoms with van der Waals surface area (Å²) in [6.45, 7) is 4.79. The summed E-state index contributed by atoms with van der Waals surface area (Å²) in [4.78, 5) is 20.5. The lowest BCUT2D eigenvalue weighted by Crippen LogP contribution is -1.97.